The molecular formula is C15H15NO4S2. The number of methoxy groups -OCH3 is 2. The monoisotopic (exact) mass is 337 g/mol. The number of carbonyl (C=O) groups is 2. The second kappa shape index (κ2) is 7.33. The molecular weight excluding hydrogens is 322 g/mol. The molecule has 0 unspecified atom stereocenters. The van der Waals surface area contributed by atoms with E-state index < -0.39 is 5.97 Å². The molecule has 0 spiro atoms. The van der Waals surface area contributed by atoms with Crippen molar-refractivity contribution in [2.45, 2.75) is 4.21 Å². The molecule has 2 aromatic rings. The molecule has 7 heteroatoms. The van der Waals surface area contributed by atoms with Gasteiger partial charge in [0.15, 0.2) is 0 Å². The number of hydrogen-bond acceptors (Lipinski definition) is 6. The minimum absolute atomic E-state index is 0.261. The smallest absolute Gasteiger partial charge is 0.348 e. The number of thiophene rings is 1. The van der Waals surface area contributed by atoms with Gasteiger partial charge in [-0.3, -0.25) is 4.79 Å². The third-order valence-electron chi connectivity index (χ3n) is 2.85. The van der Waals surface area contributed by atoms with Gasteiger partial charge in [0.25, 0.3) is 5.91 Å². The zero-order chi connectivity index (χ0) is 16.1. The molecule has 0 saturated carbocycles. The van der Waals surface area contributed by atoms with Crippen LogP contribution in [-0.2, 0) is 4.74 Å². The molecule has 5 nitrogen and oxygen atoms in total. The Labute approximate surface area is 136 Å². The van der Waals surface area contributed by atoms with Crippen molar-refractivity contribution < 1.29 is 19.1 Å². The Hall–Kier alpha value is -1.99. The van der Waals surface area contributed by atoms with Crippen molar-refractivity contribution in [2.75, 3.05) is 25.8 Å². The average molecular weight is 337 g/mol. The molecule has 22 heavy (non-hydrogen) atoms. The summed E-state index contributed by atoms with van der Waals surface area (Å²) in [6, 6.07) is 8.49. The first-order valence-corrected chi connectivity index (χ1v) is 8.34. The Morgan fingerprint density at radius 3 is 2.64 bits per heavy atom. The highest BCUT2D eigenvalue weighted by Crippen LogP contribution is 2.35. The van der Waals surface area contributed by atoms with Crippen LogP contribution in [0.5, 0.6) is 5.75 Å². The highest BCUT2D eigenvalue weighted by Gasteiger charge is 2.17. The summed E-state index contributed by atoms with van der Waals surface area (Å²) in [5, 5.41) is 2.82. The standard InChI is InChI=1S/C15H15NO4S2/c1-19-10-6-4-5-9(7-10)13(17)16-11-8-12(14(18)20-2)22-15(11)21-3/h4-8H,1-3H3,(H,16,17). The Kier molecular flexibility index (Phi) is 5.46. The number of benzene rings is 1. The maximum Gasteiger partial charge on any atom is 0.348 e. The predicted molar refractivity (Wildman–Crippen MR) is 88.4 cm³/mol. The normalized spacial score (nSPS) is 10.1. The molecule has 116 valence electrons. The third kappa shape index (κ3) is 3.61. The first-order chi connectivity index (χ1) is 10.6. The zero-order valence-electron chi connectivity index (χ0n) is 12.3. The molecule has 2 rings (SSSR count). The number of ether oxygens (including phenoxy) is 2. The number of amides is 1. The lowest BCUT2D eigenvalue weighted by atomic mass is 10.2. The fourth-order valence-corrected chi connectivity index (χ4v) is 3.47. The van der Waals surface area contributed by atoms with Crippen molar-refractivity contribution in [1.82, 2.24) is 0 Å². The van der Waals surface area contributed by atoms with Gasteiger partial charge in [-0.05, 0) is 30.5 Å². The molecule has 0 atom stereocenters. The summed E-state index contributed by atoms with van der Waals surface area (Å²) in [4.78, 5) is 24.3. The van der Waals surface area contributed by atoms with E-state index in [0.717, 1.165) is 4.21 Å². The highest BCUT2D eigenvalue weighted by molar-refractivity contribution is 8.00. The first kappa shape index (κ1) is 16.4. The molecule has 0 aliphatic rings. The number of thioether (sulfide) groups is 1. The van der Waals surface area contributed by atoms with Gasteiger partial charge < -0.3 is 14.8 Å². The van der Waals surface area contributed by atoms with Crippen molar-refractivity contribution in [3.05, 3.63) is 40.8 Å². The van der Waals surface area contributed by atoms with Gasteiger partial charge in [-0.2, -0.15) is 0 Å². The van der Waals surface area contributed by atoms with E-state index in [0.29, 0.717) is 21.9 Å². The van der Waals surface area contributed by atoms with Crippen LogP contribution in [-0.4, -0.2) is 32.4 Å². The Morgan fingerprint density at radius 1 is 1.23 bits per heavy atom. The Bertz CT molecular complexity index is 697. The first-order valence-electron chi connectivity index (χ1n) is 6.30. The lowest BCUT2D eigenvalue weighted by Gasteiger charge is -2.06. The number of carbonyl (C=O) groups excluding carboxylic acids is 2. The molecule has 0 aliphatic heterocycles. The number of hydrogen-bond donors (Lipinski definition) is 1. The predicted octanol–water partition coefficient (Wildman–Crippen LogP) is 3.52. The summed E-state index contributed by atoms with van der Waals surface area (Å²) < 4.78 is 10.7. The molecule has 0 radical (unpaired) electrons. The minimum atomic E-state index is -0.415. The van der Waals surface area contributed by atoms with Crippen molar-refractivity contribution in [2.24, 2.45) is 0 Å². The second-order valence-electron chi connectivity index (χ2n) is 4.19. The van der Waals surface area contributed by atoms with Crippen molar-refractivity contribution in [3.8, 4) is 5.75 Å². The van der Waals surface area contributed by atoms with Crippen LogP contribution in [0.15, 0.2) is 34.5 Å². The summed E-state index contributed by atoms with van der Waals surface area (Å²) in [5.74, 6) is -0.0658. The quantitative estimate of drug-likeness (QED) is 0.668. The summed E-state index contributed by atoms with van der Waals surface area (Å²) in [6.07, 6.45) is 1.88. The summed E-state index contributed by atoms with van der Waals surface area (Å²) in [6.45, 7) is 0. The summed E-state index contributed by atoms with van der Waals surface area (Å²) >= 11 is 2.75. The molecule has 1 aromatic heterocycles. The Balaban J connectivity index is 2.23. The molecule has 0 bridgehead atoms. The van der Waals surface area contributed by atoms with Crippen LogP contribution < -0.4 is 10.1 Å². The second-order valence-corrected chi connectivity index (χ2v) is 6.32. The van der Waals surface area contributed by atoms with E-state index in [2.05, 4.69) is 5.32 Å². The van der Waals surface area contributed by atoms with Gasteiger partial charge in [-0.25, -0.2) is 4.79 Å². The molecule has 0 saturated heterocycles. The number of nitrogens with one attached hydrogen (secondary N) is 1. The van der Waals surface area contributed by atoms with Gasteiger partial charge >= 0.3 is 5.97 Å². The topological polar surface area (TPSA) is 64.6 Å². The van der Waals surface area contributed by atoms with Gasteiger partial charge in [-0.15, -0.1) is 23.1 Å². The van der Waals surface area contributed by atoms with Crippen LogP contribution in [0.25, 0.3) is 0 Å². The zero-order valence-corrected chi connectivity index (χ0v) is 14.0. The maximum absolute atomic E-state index is 12.3. The molecule has 0 fully saturated rings. The SMILES string of the molecule is COC(=O)c1cc(NC(=O)c2cccc(OC)c2)c(SC)s1. The van der Waals surface area contributed by atoms with E-state index >= 15 is 0 Å². The lowest BCUT2D eigenvalue weighted by molar-refractivity contribution is 0.0606. The van der Waals surface area contributed by atoms with E-state index in [1.165, 1.54) is 30.2 Å². The van der Waals surface area contributed by atoms with Gasteiger partial charge in [-0.1, -0.05) is 6.07 Å². The fourth-order valence-electron chi connectivity index (χ4n) is 1.77. The third-order valence-corrected chi connectivity index (χ3v) is 5.10. The molecule has 1 heterocycles. The van der Waals surface area contributed by atoms with E-state index in [4.69, 9.17) is 9.47 Å². The van der Waals surface area contributed by atoms with Crippen molar-refractivity contribution in [1.29, 1.82) is 0 Å². The number of anilines is 1. The largest absolute Gasteiger partial charge is 0.497 e. The van der Waals surface area contributed by atoms with Crippen LogP contribution in [0.4, 0.5) is 5.69 Å². The molecule has 1 amide bonds. The van der Waals surface area contributed by atoms with Gasteiger partial charge in [0, 0.05) is 5.56 Å². The lowest BCUT2D eigenvalue weighted by Crippen LogP contribution is -2.11. The molecule has 1 N–H and O–H groups in total. The van der Waals surface area contributed by atoms with Crippen LogP contribution >= 0.6 is 23.1 Å². The summed E-state index contributed by atoms with van der Waals surface area (Å²) in [7, 11) is 2.87. The van der Waals surface area contributed by atoms with E-state index in [-0.39, 0.29) is 5.91 Å². The molecule has 0 aliphatic carbocycles. The molecule has 1 aromatic carbocycles. The van der Waals surface area contributed by atoms with Gasteiger partial charge in [0.05, 0.1) is 24.1 Å². The minimum Gasteiger partial charge on any atom is -0.497 e. The number of esters is 1. The van der Waals surface area contributed by atoms with E-state index in [1.807, 2.05) is 6.26 Å². The van der Waals surface area contributed by atoms with Gasteiger partial charge in [0.1, 0.15) is 10.6 Å². The van der Waals surface area contributed by atoms with E-state index in [9.17, 15) is 9.59 Å². The van der Waals surface area contributed by atoms with Crippen LogP contribution in [0.3, 0.4) is 0 Å². The maximum atomic E-state index is 12.3. The van der Waals surface area contributed by atoms with Crippen LogP contribution in [0, 0.1) is 0 Å². The van der Waals surface area contributed by atoms with Crippen molar-refractivity contribution >= 4 is 40.7 Å². The Morgan fingerprint density at radius 2 is 2.00 bits per heavy atom. The summed E-state index contributed by atoms with van der Waals surface area (Å²) in [5.41, 5.74) is 1.09. The highest BCUT2D eigenvalue weighted by atomic mass is 32.2. The average Bonchev–Trinajstić information content (AvgIpc) is 2.97. The van der Waals surface area contributed by atoms with Gasteiger partial charge in [0.2, 0.25) is 0 Å². The van der Waals surface area contributed by atoms with E-state index in [1.54, 1.807) is 37.4 Å². The fraction of sp³-hybridized carbons (Fsp3) is 0.200. The number of rotatable bonds is 5. The van der Waals surface area contributed by atoms with Crippen LogP contribution in [0.2, 0.25) is 0 Å². The van der Waals surface area contributed by atoms with Crippen molar-refractivity contribution in [3.63, 3.8) is 0 Å². The van der Waals surface area contributed by atoms with Crippen LogP contribution in [0.1, 0.15) is 20.0 Å².